The van der Waals surface area contributed by atoms with Gasteiger partial charge in [-0.1, -0.05) is 0 Å². The van der Waals surface area contributed by atoms with Crippen LogP contribution >= 0.6 is 0 Å². The van der Waals surface area contributed by atoms with E-state index in [-0.39, 0.29) is 6.03 Å². The number of aromatic nitrogens is 2. The van der Waals surface area contributed by atoms with Gasteiger partial charge in [-0.15, -0.1) is 0 Å². The Kier molecular flexibility index (Phi) is 2.98. The van der Waals surface area contributed by atoms with E-state index in [2.05, 4.69) is 15.7 Å². The van der Waals surface area contributed by atoms with Gasteiger partial charge in [0.2, 0.25) is 0 Å². The van der Waals surface area contributed by atoms with Crippen molar-refractivity contribution in [2.24, 2.45) is 7.05 Å². The van der Waals surface area contributed by atoms with Crippen molar-refractivity contribution >= 4 is 11.8 Å². The maximum absolute atomic E-state index is 11.7. The van der Waals surface area contributed by atoms with E-state index in [0.29, 0.717) is 18.3 Å². The van der Waals surface area contributed by atoms with Crippen LogP contribution in [0.1, 0.15) is 30.2 Å². The highest BCUT2D eigenvalue weighted by Crippen LogP contribution is 2.39. The molecule has 19 heavy (non-hydrogen) atoms. The largest absolute Gasteiger partial charge is 0.467 e. The lowest BCUT2D eigenvalue weighted by Gasteiger charge is -2.05. The second-order valence-corrected chi connectivity index (χ2v) is 4.74. The highest BCUT2D eigenvalue weighted by Gasteiger charge is 2.27. The SMILES string of the molecule is Cn1nc(C2CC2)cc1NC(=O)NCc1ccco1. The molecule has 2 aromatic rings. The number of urea groups is 1. The van der Waals surface area contributed by atoms with Gasteiger partial charge < -0.3 is 9.73 Å². The predicted molar refractivity (Wildman–Crippen MR) is 69.7 cm³/mol. The summed E-state index contributed by atoms with van der Waals surface area (Å²) in [6, 6.07) is 5.28. The van der Waals surface area contributed by atoms with Gasteiger partial charge in [0.15, 0.2) is 0 Å². The first-order valence-electron chi connectivity index (χ1n) is 6.33. The van der Waals surface area contributed by atoms with E-state index >= 15 is 0 Å². The quantitative estimate of drug-likeness (QED) is 0.885. The zero-order valence-electron chi connectivity index (χ0n) is 10.7. The Hall–Kier alpha value is -2.24. The molecule has 0 spiro atoms. The van der Waals surface area contributed by atoms with Gasteiger partial charge in [0, 0.05) is 19.0 Å². The Labute approximate surface area is 110 Å². The lowest BCUT2D eigenvalue weighted by Crippen LogP contribution is -2.28. The van der Waals surface area contributed by atoms with Crippen molar-refractivity contribution in [2.45, 2.75) is 25.3 Å². The normalized spacial score (nSPS) is 14.4. The number of nitrogens with one attached hydrogen (secondary N) is 2. The van der Waals surface area contributed by atoms with E-state index < -0.39 is 0 Å². The Morgan fingerprint density at radius 2 is 2.42 bits per heavy atom. The molecule has 2 aromatic heterocycles. The molecule has 1 aliphatic carbocycles. The molecule has 1 aliphatic rings. The molecule has 2 amide bonds. The molecule has 0 aliphatic heterocycles. The molecule has 0 aromatic carbocycles. The summed E-state index contributed by atoms with van der Waals surface area (Å²) in [5, 5.41) is 9.91. The van der Waals surface area contributed by atoms with E-state index in [9.17, 15) is 4.79 Å². The number of carbonyl (C=O) groups excluding carboxylic acids is 1. The molecule has 6 heteroatoms. The third kappa shape index (κ3) is 2.78. The van der Waals surface area contributed by atoms with Crippen LogP contribution in [0.15, 0.2) is 28.9 Å². The predicted octanol–water partition coefficient (Wildman–Crippen LogP) is 2.21. The molecule has 0 radical (unpaired) electrons. The van der Waals surface area contributed by atoms with E-state index in [1.165, 1.54) is 12.8 Å². The van der Waals surface area contributed by atoms with Crippen LogP contribution < -0.4 is 10.6 Å². The molecule has 0 bridgehead atoms. The van der Waals surface area contributed by atoms with Crippen molar-refractivity contribution in [3.05, 3.63) is 35.9 Å². The Morgan fingerprint density at radius 3 is 3.11 bits per heavy atom. The molecule has 2 heterocycles. The molecular formula is C13H16N4O2. The van der Waals surface area contributed by atoms with Gasteiger partial charge in [-0.2, -0.15) is 5.10 Å². The Morgan fingerprint density at radius 1 is 1.58 bits per heavy atom. The van der Waals surface area contributed by atoms with E-state index in [1.807, 2.05) is 19.2 Å². The molecule has 0 saturated heterocycles. The first-order valence-corrected chi connectivity index (χ1v) is 6.33. The highest BCUT2D eigenvalue weighted by atomic mass is 16.3. The number of aryl methyl sites for hydroxylation is 1. The molecule has 2 N–H and O–H groups in total. The summed E-state index contributed by atoms with van der Waals surface area (Å²) >= 11 is 0. The molecule has 1 fully saturated rings. The van der Waals surface area contributed by atoms with Gasteiger partial charge in [-0.05, 0) is 25.0 Å². The van der Waals surface area contributed by atoms with Gasteiger partial charge in [-0.25, -0.2) is 4.79 Å². The summed E-state index contributed by atoms with van der Waals surface area (Å²) in [5.74, 6) is 2.01. The second kappa shape index (κ2) is 4.79. The minimum Gasteiger partial charge on any atom is -0.467 e. The van der Waals surface area contributed by atoms with Crippen LogP contribution in [0.5, 0.6) is 0 Å². The zero-order chi connectivity index (χ0) is 13.2. The van der Waals surface area contributed by atoms with Crippen LogP contribution in [0.2, 0.25) is 0 Å². The highest BCUT2D eigenvalue weighted by molar-refractivity contribution is 5.88. The number of furan rings is 1. The Balaban J connectivity index is 1.56. The van der Waals surface area contributed by atoms with Crippen LogP contribution in [0.25, 0.3) is 0 Å². The van der Waals surface area contributed by atoms with Gasteiger partial charge in [0.25, 0.3) is 0 Å². The molecule has 0 atom stereocenters. The fourth-order valence-electron chi connectivity index (χ4n) is 1.93. The number of rotatable bonds is 4. The summed E-state index contributed by atoms with van der Waals surface area (Å²) in [6.07, 6.45) is 3.97. The maximum Gasteiger partial charge on any atom is 0.320 e. The lowest BCUT2D eigenvalue weighted by molar-refractivity contribution is 0.250. The first kappa shape index (κ1) is 11.8. The first-order chi connectivity index (χ1) is 9.22. The third-order valence-corrected chi connectivity index (χ3v) is 3.14. The average Bonchev–Trinajstić information content (AvgIpc) is 2.99. The van der Waals surface area contributed by atoms with Gasteiger partial charge in [0.05, 0.1) is 18.5 Å². The minimum absolute atomic E-state index is 0.262. The molecule has 3 rings (SSSR count). The monoisotopic (exact) mass is 260 g/mol. The summed E-state index contributed by atoms with van der Waals surface area (Å²) in [7, 11) is 1.83. The number of hydrogen-bond acceptors (Lipinski definition) is 3. The topological polar surface area (TPSA) is 72.1 Å². The van der Waals surface area contributed by atoms with Crippen molar-refractivity contribution in [3.63, 3.8) is 0 Å². The number of amides is 2. The summed E-state index contributed by atoms with van der Waals surface area (Å²) in [6.45, 7) is 0.367. The maximum atomic E-state index is 11.7. The summed E-state index contributed by atoms with van der Waals surface area (Å²) in [5.41, 5.74) is 1.06. The van der Waals surface area contributed by atoms with Crippen LogP contribution in [0.4, 0.5) is 10.6 Å². The summed E-state index contributed by atoms with van der Waals surface area (Å²) in [4.78, 5) is 11.7. The van der Waals surface area contributed by atoms with Crippen molar-refractivity contribution in [3.8, 4) is 0 Å². The number of anilines is 1. The summed E-state index contributed by atoms with van der Waals surface area (Å²) < 4.78 is 6.84. The number of hydrogen-bond donors (Lipinski definition) is 2. The van der Waals surface area contributed by atoms with Crippen molar-refractivity contribution in [1.29, 1.82) is 0 Å². The van der Waals surface area contributed by atoms with Crippen LogP contribution in [-0.4, -0.2) is 15.8 Å². The standard InChI is InChI=1S/C13H16N4O2/c1-17-12(7-11(16-17)9-4-5-9)15-13(18)14-8-10-3-2-6-19-10/h2-3,6-7,9H,4-5,8H2,1H3,(H2,14,15,18). The van der Waals surface area contributed by atoms with Gasteiger partial charge >= 0.3 is 6.03 Å². The second-order valence-electron chi connectivity index (χ2n) is 4.74. The smallest absolute Gasteiger partial charge is 0.320 e. The minimum atomic E-state index is -0.262. The zero-order valence-corrected chi connectivity index (χ0v) is 10.7. The molecule has 1 saturated carbocycles. The van der Waals surface area contributed by atoms with Gasteiger partial charge in [-0.3, -0.25) is 10.00 Å². The van der Waals surface area contributed by atoms with E-state index in [4.69, 9.17) is 4.42 Å². The fraction of sp³-hybridized carbons (Fsp3) is 0.385. The van der Waals surface area contributed by atoms with E-state index in [1.54, 1.807) is 17.0 Å². The lowest BCUT2D eigenvalue weighted by atomic mass is 10.3. The number of carbonyl (C=O) groups is 1. The van der Waals surface area contributed by atoms with Crippen LogP contribution in [0.3, 0.4) is 0 Å². The van der Waals surface area contributed by atoms with Crippen molar-refractivity contribution in [1.82, 2.24) is 15.1 Å². The Bertz CT molecular complexity index is 569. The molecule has 100 valence electrons. The van der Waals surface area contributed by atoms with Crippen molar-refractivity contribution < 1.29 is 9.21 Å². The van der Waals surface area contributed by atoms with Gasteiger partial charge in [0.1, 0.15) is 11.6 Å². The third-order valence-electron chi connectivity index (χ3n) is 3.14. The fourth-order valence-corrected chi connectivity index (χ4v) is 1.93. The molecular weight excluding hydrogens is 244 g/mol. The van der Waals surface area contributed by atoms with Crippen LogP contribution in [-0.2, 0) is 13.6 Å². The van der Waals surface area contributed by atoms with Crippen molar-refractivity contribution in [2.75, 3.05) is 5.32 Å². The molecule has 6 nitrogen and oxygen atoms in total. The van der Waals surface area contributed by atoms with E-state index in [0.717, 1.165) is 11.5 Å². The molecule has 0 unspecified atom stereocenters. The van der Waals surface area contributed by atoms with Crippen LogP contribution in [0, 0.1) is 0 Å². The average molecular weight is 260 g/mol. The number of nitrogens with zero attached hydrogens (tertiary/aromatic N) is 2.